The molecule has 0 aliphatic carbocycles. The Labute approximate surface area is 132 Å². The second-order valence-corrected chi connectivity index (χ2v) is 7.28. The van der Waals surface area contributed by atoms with E-state index in [-0.39, 0.29) is 11.9 Å². The molecule has 2 heterocycles. The minimum Gasteiger partial charge on any atom is -0.496 e. The van der Waals surface area contributed by atoms with Crippen molar-refractivity contribution < 1.29 is 9.13 Å². The number of halogens is 1. The lowest BCUT2D eigenvalue weighted by Gasteiger charge is -2.18. The van der Waals surface area contributed by atoms with Crippen molar-refractivity contribution in [2.75, 3.05) is 19.9 Å². The van der Waals surface area contributed by atoms with Gasteiger partial charge in [0.25, 0.3) is 0 Å². The van der Waals surface area contributed by atoms with Crippen LogP contribution in [0, 0.1) is 5.82 Å². The molecule has 112 valence electrons. The molecular formula is C16H18FNOS2. The number of thioether (sulfide) groups is 1. The summed E-state index contributed by atoms with van der Waals surface area (Å²) in [5.74, 6) is 2.77. The lowest BCUT2D eigenvalue weighted by Crippen LogP contribution is -2.17. The molecule has 1 aliphatic heterocycles. The molecule has 0 amide bonds. The highest BCUT2D eigenvalue weighted by atomic mass is 32.2. The molecule has 1 aromatic carbocycles. The Balaban J connectivity index is 2.02. The van der Waals surface area contributed by atoms with Crippen LogP contribution in [0.1, 0.15) is 26.9 Å². The van der Waals surface area contributed by atoms with E-state index in [1.54, 1.807) is 19.2 Å². The fourth-order valence-electron chi connectivity index (χ4n) is 2.69. The van der Waals surface area contributed by atoms with E-state index in [0.717, 1.165) is 23.5 Å². The standard InChI is InChI=1S/C16H18FNOS2/c1-18-16(12-8-11(17)3-4-13(12)19-2)15-7-10-9-20-6-5-14(10)21-15/h3-4,7-8,16,18H,5-6,9H2,1-2H3. The smallest absolute Gasteiger partial charge is 0.124 e. The molecular weight excluding hydrogens is 305 g/mol. The predicted molar refractivity (Wildman–Crippen MR) is 88.0 cm³/mol. The number of hydrogen-bond acceptors (Lipinski definition) is 4. The maximum atomic E-state index is 13.6. The Morgan fingerprint density at radius 1 is 1.33 bits per heavy atom. The van der Waals surface area contributed by atoms with Crippen LogP contribution in [-0.4, -0.2) is 19.9 Å². The van der Waals surface area contributed by atoms with E-state index in [1.165, 1.54) is 27.1 Å². The zero-order valence-corrected chi connectivity index (χ0v) is 13.7. The Bertz CT molecular complexity index is 618. The monoisotopic (exact) mass is 323 g/mol. The van der Waals surface area contributed by atoms with Gasteiger partial charge in [-0.15, -0.1) is 11.3 Å². The summed E-state index contributed by atoms with van der Waals surface area (Å²) in [5.41, 5.74) is 2.29. The zero-order chi connectivity index (χ0) is 14.8. The van der Waals surface area contributed by atoms with E-state index in [4.69, 9.17) is 4.74 Å². The van der Waals surface area contributed by atoms with Gasteiger partial charge in [0.05, 0.1) is 13.2 Å². The molecule has 5 heteroatoms. The fraction of sp³-hybridized carbons (Fsp3) is 0.375. The van der Waals surface area contributed by atoms with Crippen molar-refractivity contribution in [2.24, 2.45) is 0 Å². The zero-order valence-electron chi connectivity index (χ0n) is 12.1. The average molecular weight is 323 g/mol. The number of methoxy groups -OCH3 is 1. The van der Waals surface area contributed by atoms with E-state index >= 15 is 0 Å². The van der Waals surface area contributed by atoms with E-state index in [2.05, 4.69) is 11.4 Å². The summed E-state index contributed by atoms with van der Waals surface area (Å²) in [7, 11) is 3.53. The number of benzene rings is 1. The number of hydrogen-bond donors (Lipinski definition) is 1. The SMILES string of the molecule is CNC(c1cc2c(s1)CCSC2)c1cc(F)ccc1OC. The van der Waals surface area contributed by atoms with Gasteiger partial charge in [-0.25, -0.2) is 4.39 Å². The predicted octanol–water partition coefficient (Wildman–Crippen LogP) is 3.99. The van der Waals surface area contributed by atoms with Crippen molar-refractivity contribution in [3.05, 3.63) is 51.0 Å². The van der Waals surface area contributed by atoms with E-state index < -0.39 is 0 Å². The number of fused-ring (bicyclic) bond motifs is 1. The Morgan fingerprint density at radius 2 is 2.19 bits per heavy atom. The second-order valence-electron chi connectivity index (χ2n) is 5.01. The van der Waals surface area contributed by atoms with Gasteiger partial charge in [-0.2, -0.15) is 11.8 Å². The first-order valence-corrected chi connectivity index (χ1v) is 8.90. The van der Waals surface area contributed by atoms with Crippen molar-refractivity contribution in [1.82, 2.24) is 5.32 Å². The van der Waals surface area contributed by atoms with Gasteiger partial charge in [0.2, 0.25) is 0 Å². The molecule has 0 radical (unpaired) electrons. The normalized spacial score (nSPS) is 15.6. The summed E-state index contributed by atoms with van der Waals surface area (Å²) in [6.07, 6.45) is 1.14. The molecule has 1 unspecified atom stereocenters. The van der Waals surface area contributed by atoms with Crippen molar-refractivity contribution in [3.63, 3.8) is 0 Å². The van der Waals surface area contributed by atoms with Crippen LogP contribution in [0.4, 0.5) is 4.39 Å². The van der Waals surface area contributed by atoms with Gasteiger partial charge in [-0.3, -0.25) is 0 Å². The molecule has 2 aromatic rings. The summed E-state index contributed by atoms with van der Waals surface area (Å²) < 4.78 is 19.0. The molecule has 0 saturated carbocycles. The molecule has 1 N–H and O–H groups in total. The largest absolute Gasteiger partial charge is 0.496 e. The van der Waals surface area contributed by atoms with Crippen LogP contribution in [0.25, 0.3) is 0 Å². The fourth-order valence-corrected chi connectivity index (χ4v) is 5.20. The number of nitrogens with one attached hydrogen (secondary N) is 1. The lowest BCUT2D eigenvalue weighted by molar-refractivity contribution is 0.404. The minimum atomic E-state index is -0.233. The van der Waals surface area contributed by atoms with Crippen LogP contribution in [0.5, 0.6) is 5.75 Å². The molecule has 1 aromatic heterocycles. The van der Waals surface area contributed by atoms with E-state index in [9.17, 15) is 4.39 Å². The third-order valence-corrected chi connectivity index (χ3v) is 6.03. The number of rotatable bonds is 4. The first kappa shape index (κ1) is 14.9. The van der Waals surface area contributed by atoms with Crippen LogP contribution >= 0.6 is 23.1 Å². The highest BCUT2D eigenvalue weighted by Gasteiger charge is 2.22. The van der Waals surface area contributed by atoms with Crippen molar-refractivity contribution in [1.29, 1.82) is 0 Å². The second kappa shape index (κ2) is 6.38. The Morgan fingerprint density at radius 3 is 2.90 bits per heavy atom. The molecule has 1 aliphatic rings. The minimum absolute atomic E-state index is 0.0313. The van der Waals surface area contributed by atoms with Gasteiger partial charge >= 0.3 is 0 Å². The average Bonchev–Trinajstić information content (AvgIpc) is 2.92. The number of ether oxygens (including phenoxy) is 1. The van der Waals surface area contributed by atoms with Crippen LogP contribution < -0.4 is 10.1 Å². The third-order valence-electron chi connectivity index (χ3n) is 3.72. The summed E-state index contributed by atoms with van der Waals surface area (Å²) in [6.45, 7) is 0. The molecule has 3 rings (SSSR count). The molecule has 1 atom stereocenters. The van der Waals surface area contributed by atoms with Gasteiger partial charge in [0, 0.05) is 21.1 Å². The lowest BCUT2D eigenvalue weighted by atomic mass is 10.0. The molecule has 0 spiro atoms. The van der Waals surface area contributed by atoms with Crippen LogP contribution in [-0.2, 0) is 12.2 Å². The van der Waals surface area contributed by atoms with Crippen LogP contribution in [0.2, 0.25) is 0 Å². The van der Waals surface area contributed by atoms with Gasteiger partial charge < -0.3 is 10.1 Å². The summed E-state index contributed by atoms with van der Waals surface area (Å²) in [5, 5.41) is 3.30. The van der Waals surface area contributed by atoms with E-state index in [1.807, 2.05) is 30.1 Å². The molecule has 0 bridgehead atoms. The quantitative estimate of drug-likeness (QED) is 0.919. The van der Waals surface area contributed by atoms with Crippen molar-refractivity contribution in [2.45, 2.75) is 18.2 Å². The van der Waals surface area contributed by atoms with Crippen LogP contribution in [0.3, 0.4) is 0 Å². The topological polar surface area (TPSA) is 21.3 Å². The van der Waals surface area contributed by atoms with Gasteiger partial charge in [0.1, 0.15) is 11.6 Å². The first-order chi connectivity index (χ1) is 10.2. The van der Waals surface area contributed by atoms with Crippen LogP contribution in [0.15, 0.2) is 24.3 Å². The Kier molecular flexibility index (Phi) is 4.52. The van der Waals surface area contributed by atoms with Gasteiger partial charge in [0.15, 0.2) is 0 Å². The first-order valence-electron chi connectivity index (χ1n) is 6.93. The van der Waals surface area contributed by atoms with E-state index in [0.29, 0.717) is 0 Å². The number of aryl methyl sites for hydroxylation is 1. The highest BCUT2D eigenvalue weighted by molar-refractivity contribution is 7.98. The summed E-state index contributed by atoms with van der Waals surface area (Å²) in [4.78, 5) is 2.70. The van der Waals surface area contributed by atoms with Gasteiger partial charge in [-0.1, -0.05) is 0 Å². The highest BCUT2D eigenvalue weighted by Crippen LogP contribution is 2.38. The third kappa shape index (κ3) is 2.96. The molecule has 2 nitrogen and oxygen atoms in total. The van der Waals surface area contributed by atoms with Crippen molar-refractivity contribution >= 4 is 23.1 Å². The molecule has 0 saturated heterocycles. The van der Waals surface area contributed by atoms with Crippen molar-refractivity contribution in [3.8, 4) is 5.75 Å². The summed E-state index contributed by atoms with van der Waals surface area (Å²) in [6, 6.07) is 6.92. The molecule has 0 fully saturated rings. The van der Waals surface area contributed by atoms with Gasteiger partial charge in [-0.05, 0) is 49.1 Å². The maximum Gasteiger partial charge on any atom is 0.124 e. The Hall–Kier alpha value is -1.04. The number of thiophene rings is 1. The summed E-state index contributed by atoms with van der Waals surface area (Å²) >= 11 is 3.81. The maximum absolute atomic E-state index is 13.6. The molecule has 21 heavy (non-hydrogen) atoms.